The Hall–Kier alpha value is -2.95. The fraction of sp³-hybridized carbons (Fsp3) is 0.0625. The highest BCUT2D eigenvalue weighted by molar-refractivity contribution is 5.88. The van der Waals surface area contributed by atoms with Crippen LogP contribution in [0.4, 0.5) is 0 Å². The Morgan fingerprint density at radius 1 is 1.19 bits per heavy atom. The van der Waals surface area contributed by atoms with Crippen molar-refractivity contribution in [3.05, 3.63) is 59.8 Å². The number of fused-ring (bicyclic) bond motifs is 1. The summed E-state index contributed by atoms with van der Waals surface area (Å²) in [6.07, 6.45) is 1.67. The highest BCUT2D eigenvalue weighted by atomic mass is 16.5. The lowest BCUT2D eigenvalue weighted by Crippen LogP contribution is -1.99. The molecule has 0 aliphatic carbocycles. The summed E-state index contributed by atoms with van der Waals surface area (Å²) in [5, 5.41) is 9.94. The van der Waals surface area contributed by atoms with Gasteiger partial charge in [0.25, 0.3) is 0 Å². The van der Waals surface area contributed by atoms with E-state index in [1.807, 2.05) is 31.2 Å². The van der Waals surface area contributed by atoms with Crippen molar-refractivity contribution in [2.24, 2.45) is 0 Å². The van der Waals surface area contributed by atoms with E-state index in [1.54, 1.807) is 12.3 Å². The first-order valence-electron chi connectivity index (χ1n) is 6.37. The third kappa shape index (κ3) is 2.67. The third-order valence-corrected chi connectivity index (χ3v) is 3.10. The van der Waals surface area contributed by atoms with Crippen LogP contribution in [-0.2, 0) is 0 Å². The summed E-state index contributed by atoms with van der Waals surface area (Å²) >= 11 is 0. The highest BCUT2D eigenvalue weighted by Gasteiger charge is 2.09. The Morgan fingerprint density at radius 3 is 2.81 bits per heavy atom. The molecule has 0 bridgehead atoms. The molecule has 1 aromatic heterocycles. The number of ether oxygens (including phenoxy) is 1. The lowest BCUT2D eigenvalue weighted by atomic mass is 10.1. The molecule has 1 heterocycles. The summed E-state index contributed by atoms with van der Waals surface area (Å²) in [4.78, 5) is 19.4. The third-order valence-electron chi connectivity index (χ3n) is 3.10. The topological polar surface area (TPSA) is 72.3 Å². The molecule has 0 amide bonds. The summed E-state index contributed by atoms with van der Waals surface area (Å²) < 4.78 is 5.62. The van der Waals surface area contributed by atoms with Crippen LogP contribution in [0.15, 0.2) is 48.7 Å². The molecule has 0 aliphatic rings. The first kappa shape index (κ1) is 13.1. The maximum Gasteiger partial charge on any atom is 0.335 e. The predicted octanol–water partition coefficient (Wildman–Crippen LogP) is 3.43. The largest absolute Gasteiger partial charge is 0.478 e. The van der Waals surface area contributed by atoms with Gasteiger partial charge in [0.05, 0.1) is 11.1 Å². The van der Waals surface area contributed by atoms with Gasteiger partial charge in [0, 0.05) is 11.6 Å². The Kier molecular flexibility index (Phi) is 3.23. The minimum absolute atomic E-state index is 0.163. The van der Waals surface area contributed by atoms with Crippen molar-refractivity contribution in [1.82, 2.24) is 9.97 Å². The number of carbonyl (C=O) groups is 1. The van der Waals surface area contributed by atoms with Crippen molar-refractivity contribution < 1.29 is 14.6 Å². The Balaban J connectivity index is 1.98. The van der Waals surface area contributed by atoms with Gasteiger partial charge in [-0.05, 0) is 30.7 Å². The molecule has 0 fully saturated rings. The number of para-hydroxylation sites is 1. The zero-order valence-corrected chi connectivity index (χ0v) is 11.3. The first-order valence-corrected chi connectivity index (χ1v) is 6.37. The maximum absolute atomic E-state index is 11.0. The van der Waals surface area contributed by atoms with E-state index in [4.69, 9.17) is 9.84 Å². The number of hydrogen-bond acceptors (Lipinski definition) is 4. The second-order valence-corrected chi connectivity index (χ2v) is 4.60. The predicted molar refractivity (Wildman–Crippen MR) is 77.8 cm³/mol. The van der Waals surface area contributed by atoms with Crippen LogP contribution in [0.3, 0.4) is 0 Å². The van der Waals surface area contributed by atoms with Crippen molar-refractivity contribution in [1.29, 1.82) is 0 Å². The van der Waals surface area contributed by atoms with Gasteiger partial charge in [-0.15, -0.1) is 0 Å². The number of aromatic carboxylic acids is 1. The van der Waals surface area contributed by atoms with Crippen LogP contribution in [0, 0.1) is 6.92 Å². The minimum atomic E-state index is -1.00. The zero-order chi connectivity index (χ0) is 14.8. The molecule has 5 heteroatoms. The Bertz CT molecular complexity index is 831. The van der Waals surface area contributed by atoms with Crippen LogP contribution in [-0.4, -0.2) is 21.0 Å². The van der Waals surface area contributed by atoms with E-state index < -0.39 is 5.97 Å². The number of benzene rings is 2. The Labute approximate surface area is 120 Å². The Morgan fingerprint density at radius 2 is 2.00 bits per heavy atom. The summed E-state index contributed by atoms with van der Waals surface area (Å²) in [6, 6.07) is 12.5. The van der Waals surface area contributed by atoms with Gasteiger partial charge in [0.2, 0.25) is 0 Å². The molecule has 0 unspecified atom stereocenters. The quantitative estimate of drug-likeness (QED) is 0.795. The molecule has 0 atom stereocenters. The second-order valence-electron chi connectivity index (χ2n) is 4.60. The average Bonchev–Trinajstić information content (AvgIpc) is 2.49. The number of hydrogen-bond donors (Lipinski definition) is 1. The van der Waals surface area contributed by atoms with Gasteiger partial charge in [0.1, 0.15) is 5.75 Å². The molecule has 104 valence electrons. The minimum Gasteiger partial charge on any atom is -0.478 e. The van der Waals surface area contributed by atoms with E-state index in [-0.39, 0.29) is 11.6 Å². The van der Waals surface area contributed by atoms with Gasteiger partial charge in [-0.3, -0.25) is 0 Å². The number of carboxylic acid groups (broad SMARTS) is 1. The average molecular weight is 280 g/mol. The number of aromatic nitrogens is 2. The maximum atomic E-state index is 11.0. The summed E-state index contributed by atoms with van der Waals surface area (Å²) in [7, 11) is 0. The van der Waals surface area contributed by atoms with Gasteiger partial charge in [-0.1, -0.05) is 24.3 Å². The molecule has 3 rings (SSSR count). The number of aryl methyl sites for hydroxylation is 1. The fourth-order valence-electron chi connectivity index (χ4n) is 1.95. The van der Waals surface area contributed by atoms with Crippen molar-refractivity contribution >= 4 is 16.9 Å². The van der Waals surface area contributed by atoms with Gasteiger partial charge < -0.3 is 9.84 Å². The molecular weight excluding hydrogens is 268 g/mol. The first-order chi connectivity index (χ1) is 10.1. The molecule has 0 spiro atoms. The molecule has 0 saturated carbocycles. The molecule has 1 N–H and O–H groups in total. The van der Waals surface area contributed by atoms with Crippen LogP contribution in [0.1, 0.15) is 15.9 Å². The number of rotatable bonds is 3. The van der Waals surface area contributed by atoms with E-state index in [0.717, 1.165) is 16.5 Å². The van der Waals surface area contributed by atoms with Crippen LogP contribution >= 0.6 is 0 Å². The van der Waals surface area contributed by atoms with E-state index in [2.05, 4.69) is 9.97 Å². The second kappa shape index (κ2) is 5.20. The lowest BCUT2D eigenvalue weighted by molar-refractivity contribution is 0.0696. The molecule has 5 nitrogen and oxygen atoms in total. The SMILES string of the molecule is Cc1ccc(C(=O)O)cc1Oc1ncc2ccccc2n1. The van der Waals surface area contributed by atoms with Gasteiger partial charge in [-0.2, -0.15) is 4.98 Å². The highest BCUT2D eigenvalue weighted by Crippen LogP contribution is 2.25. The van der Waals surface area contributed by atoms with Crippen LogP contribution < -0.4 is 4.74 Å². The van der Waals surface area contributed by atoms with Crippen LogP contribution in [0.25, 0.3) is 10.9 Å². The normalized spacial score (nSPS) is 10.5. The van der Waals surface area contributed by atoms with Crippen molar-refractivity contribution in [3.8, 4) is 11.8 Å². The zero-order valence-electron chi connectivity index (χ0n) is 11.3. The van der Waals surface area contributed by atoms with Gasteiger partial charge in [0.15, 0.2) is 0 Å². The molecule has 2 aromatic carbocycles. The van der Waals surface area contributed by atoms with Crippen molar-refractivity contribution in [2.45, 2.75) is 6.92 Å². The van der Waals surface area contributed by atoms with Crippen molar-refractivity contribution in [3.63, 3.8) is 0 Å². The molecule has 0 radical (unpaired) electrons. The van der Waals surface area contributed by atoms with Gasteiger partial charge >= 0.3 is 12.0 Å². The van der Waals surface area contributed by atoms with Crippen LogP contribution in [0.5, 0.6) is 11.8 Å². The monoisotopic (exact) mass is 280 g/mol. The number of carboxylic acids is 1. The number of nitrogens with zero attached hydrogens (tertiary/aromatic N) is 2. The van der Waals surface area contributed by atoms with E-state index in [9.17, 15) is 4.79 Å². The van der Waals surface area contributed by atoms with Gasteiger partial charge in [-0.25, -0.2) is 9.78 Å². The molecule has 3 aromatic rings. The molecular formula is C16H12N2O3. The smallest absolute Gasteiger partial charge is 0.335 e. The summed E-state index contributed by atoms with van der Waals surface area (Å²) in [5.41, 5.74) is 1.75. The summed E-state index contributed by atoms with van der Waals surface area (Å²) in [5.74, 6) is -0.565. The molecule has 21 heavy (non-hydrogen) atoms. The lowest BCUT2D eigenvalue weighted by Gasteiger charge is -2.08. The fourth-order valence-corrected chi connectivity index (χ4v) is 1.95. The standard InChI is InChI=1S/C16H12N2O3/c1-10-6-7-11(15(19)20)8-14(10)21-16-17-9-12-4-2-3-5-13(12)18-16/h2-9H,1H3,(H,19,20). The van der Waals surface area contributed by atoms with E-state index in [1.165, 1.54) is 12.1 Å². The summed E-state index contributed by atoms with van der Waals surface area (Å²) in [6.45, 7) is 1.84. The molecule has 0 aliphatic heterocycles. The van der Waals surface area contributed by atoms with Crippen molar-refractivity contribution in [2.75, 3.05) is 0 Å². The van der Waals surface area contributed by atoms with Crippen LogP contribution in [0.2, 0.25) is 0 Å². The van der Waals surface area contributed by atoms with E-state index in [0.29, 0.717) is 5.75 Å². The molecule has 0 saturated heterocycles. The van der Waals surface area contributed by atoms with E-state index >= 15 is 0 Å².